The van der Waals surface area contributed by atoms with Crippen molar-refractivity contribution in [1.82, 2.24) is 9.55 Å². The minimum absolute atomic E-state index is 0.137. The molecule has 0 fully saturated rings. The van der Waals surface area contributed by atoms with Gasteiger partial charge in [-0.1, -0.05) is 24.6 Å². The lowest BCUT2D eigenvalue weighted by molar-refractivity contribution is -0.115. The second-order valence-electron chi connectivity index (χ2n) is 6.68. The first-order valence-electron chi connectivity index (χ1n) is 9.19. The molecule has 0 radical (unpaired) electrons. The fraction of sp³-hybridized carbons (Fsp3) is 0.526. The van der Waals surface area contributed by atoms with Gasteiger partial charge in [-0.15, -0.1) is 11.3 Å². The normalized spacial score (nSPS) is 15.4. The number of imidazole rings is 1. The minimum Gasteiger partial charge on any atom is -0.465 e. The van der Waals surface area contributed by atoms with Crippen molar-refractivity contribution >= 4 is 40.0 Å². The van der Waals surface area contributed by atoms with Gasteiger partial charge in [-0.3, -0.25) is 4.79 Å². The summed E-state index contributed by atoms with van der Waals surface area (Å²) in [7, 11) is 3.29. The highest BCUT2D eigenvalue weighted by molar-refractivity contribution is 8.00. The molecule has 0 bridgehead atoms. The molecule has 8 heteroatoms. The number of nitrogens with zero attached hydrogens (tertiary/aromatic N) is 2. The topological polar surface area (TPSA) is 73.2 Å². The number of carbonyl (C=O) groups is 2. The molecule has 0 saturated carbocycles. The van der Waals surface area contributed by atoms with E-state index in [1.54, 1.807) is 6.20 Å². The van der Waals surface area contributed by atoms with Gasteiger partial charge in [-0.2, -0.15) is 0 Å². The lowest BCUT2D eigenvalue weighted by Crippen LogP contribution is -2.23. The van der Waals surface area contributed by atoms with Gasteiger partial charge in [-0.25, -0.2) is 9.78 Å². The third kappa shape index (κ3) is 4.55. The molecule has 1 atom stereocenters. The van der Waals surface area contributed by atoms with Crippen LogP contribution < -0.4 is 5.32 Å². The molecule has 146 valence electrons. The van der Waals surface area contributed by atoms with Crippen LogP contribution in [0.5, 0.6) is 0 Å². The number of aryl methyl sites for hydroxylation is 2. The third-order valence-corrected chi connectivity index (χ3v) is 7.11. The van der Waals surface area contributed by atoms with E-state index in [-0.39, 0.29) is 17.1 Å². The first kappa shape index (κ1) is 19.9. The summed E-state index contributed by atoms with van der Waals surface area (Å²) in [5.74, 6) is -0.504. The van der Waals surface area contributed by atoms with E-state index in [4.69, 9.17) is 4.74 Å². The number of rotatable bonds is 5. The highest BCUT2D eigenvalue weighted by atomic mass is 32.2. The molecule has 1 amide bonds. The zero-order valence-corrected chi connectivity index (χ0v) is 17.5. The Morgan fingerprint density at radius 2 is 2.04 bits per heavy atom. The smallest absolute Gasteiger partial charge is 0.341 e. The number of aromatic nitrogens is 2. The van der Waals surface area contributed by atoms with Crippen LogP contribution in [-0.2, 0) is 29.4 Å². The molecule has 2 aromatic heterocycles. The second-order valence-corrected chi connectivity index (χ2v) is 9.10. The third-order valence-electron chi connectivity index (χ3n) is 4.73. The Kier molecular flexibility index (Phi) is 6.59. The van der Waals surface area contributed by atoms with Crippen LogP contribution in [0.4, 0.5) is 5.00 Å². The van der Waals surface area contributed by atoms with Crippen molar-refractivity contribution < 1.29 is 14.3 Å². The van der Waals surface area contributed by atoms with Gasteiger partial charge in [0.25, 0.3) is 0 Å². The number of hydrogen-bond donors (Lipinski definition) is 1. The molecule has 1 aliphatic carbocycles. The molecule has 27 heavy (non-hydrogen) atoms. The van der Waals surface area contributed by atoms with E-state index in [1.165, 1.54) is 47.9 Å². The minimum atomic E-state index is -0.368. The number of anilines is 1. The van der Waals surface area contributed by atoms with Crippen molar-refractivity contribution in [2.45, 2.75) is 55.9 Å². The predicted molar refractivity (Wildman–Crippen MR) is 109 cm³/mol. The zero-order chi connectivity index (χ0) is 19.4. The molecule has 2 heterocycles. The highest BCUT2D eigenvalue weighted by Gasteiger charge is 2.27. The molecule has 1 aliphatic rings. The van der Waals surface area contributed by atoms with Crippen LogP contribution in [0.15, 0.2) is 17.6 Å². The number of carbonyl (C=O) groups excluding carboxylic acids is 2. The Balaban J connectivity index is 1.82. The lowest BCUT2D eigenvalue weighted by atomic mass is 9.96. The summed E-state index contributed by atoms with van der Waals surface area (Å²) in [5.41, 5.74) is 1.60. The molecule has 0 aliphatic heterocycles. The summed E-state index contributed by atoms with van der Waals surface area (Å²) in [6.45, 7) is 1.84. The fourth-order valence-corrected chi connectivity index (χ4v) is 5.33. The van der Waals surface area contributed by atoms with Gasteiger partial charge < -0.3 is 14.6 Å². The van der Waals surface area contributed by atoms with E-state index in [0.717, 1.165) is 36.4 Å². The Morgan fingerprint density at radius 3 is 2.70 bits per heavy atom. The Morgan fingerprint density at radius 1 is 1.30 bits per heavy atom. The number of methoxy groups -OCH3 is 1. The van der Waals surface area contributed by atoms with E-state index in [2.05, 4.69) is 10.3 Å². The van der Waals surface area contributed by atoms with Gasteiger partial charge >= 0.3 is 5.97 Å². The van der Waals surface area contributed by atoms with Crippen LogP contribution in [0.1, 0.15) is 53.4 Å². The number of amides is 1. The quantitative estimate of drug-likeness (QED) is 0.598. The van der Waals surface area contributed by atoms with Gasteiger partial charge in [0.1, 0.15) is 5.00 Å². The summed E-state index contributed by atoms with van der Waals surface area (Å²) in [6, 6.07) is 0. The van der Waals surface area contributed by atoms with Gasteiger partial charge in [-0.05, 0) is 38.2 Å². The largest absolute Gasteiger partial charge is 0.465 e. The van der Waals surface area contributed by atoms with E-state index in [1.807, 2.05) is 24.7 Å². The van der Waals surface area contributed by atoms with Crippen molar-refractivity contribution in [2.24, 2.45) is 7.05 Å². The van der Waals surface area contributed by atoms with Crippen molar-refractivity contribution in [1.29, 1.82) is 0 Å². The average molecular weight is 408 g/mol. The van der Waals surface area contributed by atoms with Crippen LogP contribution in [0, 0.1) is 0 Å². The number of hydrogen-bond acceptors (Lipinski definition) is 6. The molecule has 1 unspecified atom stereocenters. The van der Waals surface area contributed by atoms with E-state index in [9.17, 15) is 9.59 Å². The number of nitrogens with one attached hydrogen (secondary N) is 1. The van der Waals surface area contributed by atoms with Gasteiger partial charge in [0.05, 0.1) is 17.9 Å². The molecule has 6 nitrogen and oxygen atoms in total. The number of thioether (sulfide) groups is 1. The maximum Gasteiger partial charge on any atom is 0.341 e. The fourth-order valence-electron chi connectivity index (χ4n) is 3.22. The molecule has 0 spiro atoms. The molecule has 2 aromatic rings. The van der Waals surface area contributed by atoms with Crippen molar-refractivity contribution in [3.8, 4) is 0 Å². The number of thiophene rings is 1. The van der Waals surface area contributed by atoms with E-state index < -0.39 is 0 Å². The van der Waals surface area contributed by atoms with Crippen molar-refractivity contribution in [2.75, 3.05) is 12.4 Å². The van der Waals surface area contributed by atoms with Crippen LogP contribution in [-0.4, -0.2) is 33.8 Å². The molecule has 1 N–H and O–H groups in total. The maximum absolute atomic E-state index is 12.7. The molecular formula is C19H25N3O3S2. The Hall–Kier alpha value is -1.80. The first-order valence-corrected chi connectivity index (χ1v) is 10.9. The second kappa shape index (κ2) is 8.93. The first-order chi connectivity index (χ1) is 13.0. The SMILES string of the molecule is COC(=O)c1c(NC(=O)C(C)Sc2nccn2C)sc2c1CCCCCC2. The standard InChI is InChI=1S/C19H25N3O3S2/c1-12(26-19-20-10-11-22(19)2)16(23)21-17-15(18(24)25-3)13-8-6-4-5-7-9-14(13)27-17/h10-12H,4-9H2,1-3H3,(H,21,23). The number of fused-ring (bicyclic) bond motifs is 1. The lowest BCUT2D eigenvalue weighted by Gasteiger charge is -2.12. The molecule has 0 saturated heterocycles. The van der Waals surface area contributed by atoms with Crippen molar-refractivity contribution in [3.63, 3.8) is 0 Å². The molecule has 0 aromatic carbocycles. The van der Waals surface area contributed by atoms with Gasteiger partial charge in [0.15, 0.2) is 5.16 Å². The number of ether oxygens (including phenoxy) is 1. The summed E-state index contributed by atoms with van der Waals surface area (Å²) in [4.78, 5) is 30.6. The summed E-state index contributed by atoms with van der Waals surface area (Å²) < 4.78 is 6.89. The predicted octanol–water partition coefficient (Wildman–Crippen LogP) is 4.05. The van der Waals surface area contributed by atoms with Crippen molar-refractivity contribution in [3.05, 3.63) is 28.4 Å². The zero-order valence-electron chi connectivity index (χ0n) is 15.9. The maximum atomic E-state index is 12.7. The summed E-state index contributed by atoms with van der Waals surface area (Å²) in [6.07, 6.45) is 9.95. The number of esters is 1. The summed E-state index contributed by atoms with van der Waals surface area (Å²) >= 11 is 2.92. The van der Waals surface area contributed by atoms with Gasteiger partial charge in [0, 0.05) is 24.3 Å². The van der Waals surface area contributed by atoms with Crippen LogP contribution >= 0.6 is 23.1 Å². The Labute approximate surface area is 167 Å². The Bertz CT molecular complexity index is 828. The highest BCUT2D eigenvalue weighted by Crippen LogP contribution is 2.38. The van der Waals surface area contributed by atoms with Crippen LogP contribution in [0.3, 0.4) is 0 Å². The average Bonchev–Trinajstić information content (AvgIpc) is 3.17. The molecular weight excluding hydrogens is 382 g/mol. The molecule has 3 rings (SSSR count). The van der Waals surface area contributed by atoms with Gasteiger partial charge in [0.2, 0.25) is 5.91 Å². The van der Waals surface area contributed by atoms with E-state index >= 15 is 0 Å². The van der Waals surface area contributed by atoms with E-state index in [0.29, 0.717) is 10.6 Å². The monoisotopic (exact) mass is 407 g/mol. The summed E-state index contributed by atoms with van der Waals surface area (Å²) in [5, 5.41) is 4.04. The van der Waals surface area contributed by atoms with Crippen LogP contribution in [0.25, 0.3) is 0 Å². The van der Waals surface area contributed by atoms with Crippen LogP contribution in [0.2, 0.25) is 0 Å².